The maximum Gasteiger partial charge on any atom is 0.250 e. The van der Waals surface area contributed by atoms with Gasteiger partial charge in [0, 0.05) is 6.04 Å². The lowest BCUT2D eigenvalue weighted by Gasteiger charge is -2.56. The van der Waals surface area contributed by atoms with Crippen LogP contribution in [0.25, 0.3) is 0 Å². The standard InChI is InChI=1S/C16H23NO2S2/c1-10(17-21(18,19)15-3-2-4-20-15)16-13-6-11-5-12(8-13)9-14(16)7-11/h2-4,10-14,16-17H,5-9H2,1H3. The SMILES string of the molecule is CC(NS(=O)(=O)c1cccs1)C1C2CC3CC(C2)CC1C3. The first-order valence-electron chi connectivity index (χ1n) is 8.09. The molecule has 4 fully saturated rings. The molecule has 0 radical (unpaired) electrons. The lowest BCUT2D eigenvalue weighted by Crippen LogP contribution is -2.52. The van der Waals surface area contributed by atoms with Crippen molar-refractivity contribution in [2.24, 2.45) is 29.6 Å². The molecule has 4 aliphatic carbocycles. The third-order valence-electron chi connectivity index (χ3n) is 5.98. The van der Waals surface area contributed by atoms with Crippen LogP contribution in [0.1, 0.15) is 39.0 Å². The van der Waals surface area contributed by atoms with Crippen molar-refractivity contribution in [3.8, 4) is 0 Å². The van der Waals surface area contributed by atoms with Crippen molar-refractivity contribution >= 4 is 21.4 Å². The maximum absolute atomic E-state index is 12.4. The Hall–Kier alpha value is -0.390. The molecule has 116 valence electrons. The van der Waals surface area contributed by atoms with Crippen molar-refractivity contribution < 1.29 is 8.42 Å². The molecule has 3 nitrogen and oxygen atoms in total. The van der Waals surface area contributed by atoms with Crippen LogP contribution >= 0.6 is 11.3 Å². The van der Waals surface area contributed by atoms with E-state index < -0.39 is 10.0 Å². The van der Waals surface area contributed by atoms with E-state index in [2.05, 4.69) is 11.6 Å². The minimum atomic E-state index is -3.33. The molecule has 4 saturated carbocycles. The third-order valence-corrected chi connectivity index (χ3v) is 8.93. The number of hydrogen-bond acceptors (Lipinski definition) is 3. The molecule has 5 heteroatoms. The highest BCUT2D eigenvalue weighted by Crippen LogP contribution is 2.57. The second-order valence-corrected chi connectivity index (χ2v) is 10.2. The van der Waals surface area contributed by atoms with E-state index in [0.717, 1.165) is 23.7 Å². The highest BCUT2D eigenvalue weighted by molar-refractivity contribution is 7.91. The molecule has 4 bridgehead atoms. The summed E-state index contributed by atoms with van der Waals surface area (Å²) in [6, 6.07) is 3.55. The van der Waals surface area contributed by atoms with E-state index in [4.69, 9.17) is 0 Å². The van der Waals surface area contributed by atoms with E-state index in [1.807, 2.05) is 5.38 Å². The van der Waals surface area contributed by atoms with Gasteiger partial charge in [-0.15, -0.1) is 11.3 Å². The largest absolute Gasteiger partial charge is 0.250 e. The highest BCUT2D eigenvalue weighted by atomic mass is 32.2. The number of nitrogens with one attached hydrogen (secondary N) is 1. The van der Waals surface area contributed by atoms with Crippen LogP contribution in [-0.4, -0.2) is 14.5 Å². The second-order valence-electron chi connectivity index (χ2n) is 7.35. The first kappa shape index (κ1) is 14.2. The van der Waals surface area contributed by atoms with E-state index in [-0.39, 0.29) is 6.04 Å². The summed E-state index contributed by atoms with van der Waals surface area (Å²) in [5, 5.41) is 1.82. The van der Waals surface area contributed by atoms with Crippen LogP contribution in [0.3, 0.4) is 0 Å². The van der Waals surface area contributed by atoms with Crippen LogP contribution in [0.2, 0.25) is 0 Å². The van der Waals surface area contributed by atoms with Crippen molar-refractivity contribution in [2.75, 3.05) is 0 Å². The fraction of sp³-hybridized carbons (Fsp3) is 0.750. The summed E-state index contributed by atoms with van der Waals surface area (Å²) < 4.78 is 28.3. The van der Waals surface area contributed by atoms with E-state index in [9.17, 15) is 8.42 Å². The molecule has 21 heavy (non-hydrogen) atoms. The van der Waals surface area contributed by atoms with Gasteiger partial charge in [0.1, 0.15) is 4.21 Å². The first-order chi connectivity index (χ1) is 10.0. The van der Waals surface area contributed by atoms with Gasteiger partial charge in [-0.25, -0.2) is 13.1 Å². The molecule has 0 aromatic carbocycles. The molecule has 1 aromatic rings. The van der Waals surface area contributed by atoms with E-state index >= 15 is 0 Å². The molecule has 1 aromatic heterocycles. The molecule has 1 unspecified atom stereocenters. The van der Waals surface area contributed by atoms with Gasteiger partial charge in [0.2, 0.25) is 10.0 Å². The van der Waals surface area contributed by atoms with Crippen LogP contribution in [0, 0.1) is 29.6 Å². The van der Waals surface area contributed by atoms with Crippen molar-refractivity contribution in [1.29, 1.82) is 0 Å². The van der Waals surface area contributed by atoms with Gasteiger partial charge in [-0.05, 0) is 80.1 Å². The second kappa shape index (κ2) is 5.07. The highest BCUT2D eigenvalue weighted by Gasteiger charge is 2.50. The molecule has 1 N–H and O–H groups in total. The molecule has 1 atom stereocenters. The minimum absolute atomic E-state index is 0.0621. The zero-order valence-corrected chi connectivity index (χ0v) is 14.0. The predicted octanol–water partition coefficient (Wildman–Crippen LogP) is 3.49. The van der Waals surface area contributed by atoms with Crippen LogP contribution in [0.5, 0.6) is 0 Å². The van der Waals surface area contributed by atoms with E-state index in [1.165, 1.54) is 43.4 Å². The van der Waals surface area contributed by atoms with Gasteiger partial charge < -0.3 is 0 Å². The van der Waals surface area contributed by atoms with Crippen LogP contribution in [0.15, 0.2) is 21.7 Å². The van der Waals surface area contributed by atoms with E-state index in [0.29, 0.717) is 10.1 Å². The molecule has 0 saturated heterocycles. The van der Waals surface area contributed by atoms with Gasteiger partial charge in [0.15, 0.2) is 0 Å². The molecule has 4 aliphatic rings. The summed E-state index contributed by atoms with van der Waals surface area (Å²) in [5.41, 5.74) is 0. The van der Waals surface area contributed by atoms with Crippen LogP contribution in [-0.2, 0) is 10.0 Å². The topological polar surface area (TPSA) is 46.2 Å². The Labute approximate surface area is 131 Å². The molecule has 0 aliphatic heterocycles. The summed E-state index contributed by atoms with van der Waals surface area (Å²) in [4.78, 5) is 0. The lowest BCUT2D eigenvalue weighted by atomic mass is 9.51. The molecular weight excluding hydrogens is 302 g/mol. The quantitative estimate of drug-likeness (QED) is 0.921. The van der Waals surface area contributed by atoms with Crippen molar-refractivity contribution in [3.63, 3.8) is 0 Å². The van der Waals surface area contributed by atoms with Crippen LogP contribution in [0.4, 0.5) is 0 Å². The number of hydrogen-bond donors (Lipinski definition) is 1. The molecule has 1 heterocycles. The molecule has 5 rings (SSSR count). The van der Waals surface area contributed by atoms with Crippen LogP contribution < -0.4 is 4.72 Å². The van der Waals surface area contributed by atoms with Crippen molar-refractivity contribution in [3.05, 3.63) is 17.5 Å². The first-order valence-corrected chi connectivity index (χ1v) is 10.4. The van der Waals surface area contributed by atoms with Gasteiger partial charge in [0.25, 0.3) is 0 Å². The van der Waals surface area contributed by atoms with Gasteiger partial charge in [-0.3, -0.25) is 0 Å². The average Bonchev–Trinajstić information content (AvgIpc) is 2.91. The van der Waals surface area contributed by atoms with Gasteiger partial charge in [0.05, 0.1) is 0 Å². The lowest BCUT2D eigenvalue weighted by molar-refractivity contribution is -0.0463. The van der Waals surface area contributed by atoms with Crippen molar-refractivity contribution in [1.82, 2.24) is 4.72 Å². The Morgan fingerprint density at radius 2 is 1.76 bits per heavy atom. The Morgan fingerprint density at radius 1 is 1.14 bits per heavy atom. The Morgan fingerprint density at radius 3 is 2.29 bits per heavy atom. The predicted molar refractivity (Wildman–Crippen MR) is 84.6 cm³/mol. The molecule has 0 amide bonds. The van der Waals surface area contributed by atoms with Gasteiger partial charge in [-0.2, -0.15) is 0 Å². The zero-order valence-electron chi connectivity index (χ0n) is 12.4. The number of thiophene rings is 1. The Balaban J connectivity index is 1.52. The average molecular weight is 325 g/mol. The summed E-state index contributed by atoms with van der Waals surface area (Å²) in [6.07, 6.45) is 6.78. The summed E-state index contributed by atoms with van der Waals surface area (Å²) in [5.74, 6) is 3.92. The molecule has 0 spiro atoms. The smallest absolute Gasteiger partial charge is 0.207 e. The van der Waals surface area contributed by atoms with Gasteiger partial charge >= 0.3 is 0 Å². The summed E-state index contributed by atoms with van der Waals surface area (Å²) in [6.45, 7) is 2.08. The van der Waals surface area contributed by atoms with E-state index in [1.54, 1.807) is 12.1 Å². The fourth-order valence-corrected chi connectivity index (χ4v) is 7.87. The zero-order chi connectivity index (χ0) is 14.6. The summed E-state index contributed by atoms with van der Waals surface area (Å²) >= 11 is 1.30. The molecular formula is C16H23NO2S2. The third kappa shape index (κ3) is 2.47. The number of sulfonamides is 1. The Kier molecular flexibility index (Phi) is 3.43. The Bertz CT molecular complexity index is 580. The minimum Gasteiger partial charge on any atom is -0.207 e. The van der Waals surface area contributed by atoms with Crippen molar-refractivity contribution in [2.45, 2.75) is 49.3 Å². The van der Waals surface area contributed by atoms with Gasteiger partial charge in [-0.1, -0.05) is 6.07 Å². The fourth-order valence-electron chi connectivity index (χ4n) is 5.58. The normalized spacial score (nSPS) is 39.6. The monoisotopic (exact) mass is 325 g/mol. The maximum atomic E-state index is 12.4. The summed E-state index contributed by atoms with van der Waals surface area (Å²) in [7, 11) is -3.33. The number of rotatable bonds is 4.